The van der Waals surface area contributed by atoms with E-state index >= 15 is 0 Å². The first kappa shape index (κ1) is 11.9. The number of nitrogens with two attached hydrogens (primary N) is 1. The molecule has 0 aliphatic rings. The van der Waals surface area contributed by atoms with E-state index in [0.29, 0.717) is 6.04 Å². The van der Waals surface area contributed by atoms with E-state index in [1.807, 2.05) is 6.92 Å². The lowest BCUT2D eigenvalue weighted by molar-refractivity contribution is 0.130. The Labute approximate surface area is 75.9 Å². The summed E-state index contributed by atoms with van der Waals surface area (Å²) >= 11 is 0. The van der Waals surface area contributed by atoms with Crippen LogP contribution in [0.3, 0.4) is 0 Å². The fourth-order valence-electron chi connectivity index (χ4n) is 0.961. The molecule has 1 atom stereocenters. The number of nitrogens with zero attached hydrogens (tertiary/aromatic N) is 1. The van der Waals surface area contributed by atoms with E-state index in [4.69, 9.17) is 10.5 Å². The zero-order valence-electron chi connectivity index (χ0n) is 8.55. The minimum atomic E-state index is 0.478. The van der Waals surface area contributed by atoms with Crippen LogP contribution in [0.2, 0.25) is 0 Å². The summed E-state index contributed by atoms with van der Waals surface area (Å²) in [4.78, 5) is 2.26. The second kappa shape index (κ2) is 7.53. The minimum absolute atomic E-state index is 0.478. The molecule has 2 N–H and O–H groups in total. The second-order valence-electron chi connectivity index (χ2n) is 3.12. The highest BCUT2D eigenvalue weighted by Crippen LogP contribution is 1.94. The smallest absolute Gasteiger partial charge is 0.0478 e. The third-order valence-corrected chi connectivity index (χ3v) is 2.10. The summed E-state index contributed by atoms with van der Waals surface area (Å²) in [5.41, 5.74) is 5.53. The van der Waals surface area contributed by atoms with Gasteiger partial charge in [-0.25, -0.2) is 0 Å². The lowest BCUT2D eigenvalue weighted by Crippen LogP contribution is -2.36. The highest BCUT2D eigenvalue weighted by atomic mass is 16.5. The first-order chi connectivity index (χ1) is 5.72. The molecular formula is C9H22N2O. The molecule has 0 saturated heterocycles. The molecule has 0 spiro atoms. The maximum Gasteiger partial charge on any atom is 0.0478 e. The normalized spacial score (nSPS) is 13.8. The summed E-state index contributed by atoms with van der Waals surface area (Å²) in [6.45, 7) is 7.63. The van der Waals surface area contributed by atoms with Crippen LogP contribution >= 0.6 is 0 Å². The average molecular weight is 174 g/mol. The van der Waals surface area contributed by atoms with Crippen molar-refractivity contribution in [1.82, 2.24) is 4.90 Å². The van der Waals surface area contributed by atoms with Crippen LogP contribution in [-0.2, 0) is 4.74 Å². The molecule has 3 heteroatoms. The van der Waals surface area contributed by atoms with Crippen molar-refractivity contribution in [1.29, 1.82) is 0 Å². The van der Waals surface area contributed by atoms with Gasteiger partial charge in [0.15, 0.2) is 0 Å². The van der Waals surface area contributed by atoms with Gasteiger partial charge in [0.25, 0.3) is 0 Å². The Kier molecular flexibility index (Phi) is 7.45. The van der Waals surface area contributed by atoms with Gasteiger partial charge in [-0.3, -0.25) is 0 Å². The van der Waals surface area contributed by atoms with Gasteiger partial charge >= 0.3 is 0 Å². The zero-order valence-corrected chi connectivity index (χ0v) is 8.55. The third kappa shape index (κ3) is 5.52. The Morgan fingerprint density at radius 3 is 2.67 bits per heavy atom. The molecule has 0 aromatic heterocycles. The van der Waals surface area contributed by atoms with E-state index in [-0.39, 0.29) is 0 Å². The number of ether oxygens (including phenoxy) is 1. The SMILES string of the molecule is CCOCCCN(C)C(C)CN. The molecule has 0 bridgehead atoms. The molecular weight excluding hydrogens is 152 g/mol. The van der Waals surface area contributed by atoms with Crippen molar-refractivity contribution < 1.29 is 4.74 Å². The Balaban J connectivity index is 3.24. The first-order valence-corrected chi connectivity index (χ1v) is 4.70. The molecule has 0 radical (unpaired) electrons. The van der Waals surface area contributed by atoms with E-state index in [1.165, 1.54) is 0 Å². The monoisotopic (exact) mass is 174 g/mol. The van der Waals surface area contributed by atoms with Crippen molar-refractivity contribution in [3.8, 4) is 0 Å². The van der Waals surface area contributed by atoms with Crippen LogP contribution in [-0.4, -0.2) is 44.3 Å². The van der Waals surface area contributed by atoms with Gasteiger partial charge in [-0.15, -0.1) is 0 Å². The summed E-state index contributed by atoms with van der Waals surface area (Å²) in [7, 11) is 2.10. The van der Waals surface area contributed by atoms with Gasteiger partial charge in [-0.2, -0.15) is 0 Å². The van der Waals surface area contributed by atoms with Crippen molar-refractivity contribution in [2.75, 3.05) is 33.4 Å². The molecule has 0 amide bonds. The zero-order chi connectivity index (χ0) is 9.40. The fourth-order valence-corrected chi connectivity index (χ4v) is 0.961. The minimum Gasteiger partial charge on any atom is -0.382 e. The maximum absolute atomic E-state index is 5.53. The summed E-state index contributed by atoms with van der Waals surface area (Å²) in [5.74, 6) is 0. The molecule has 0 saturated carbocycles. The van der Waals surface area contributed by atoms with Gasteiger partial charge in [-0.05, 0) is 27.3 Å². The van der Waals surface area contributed by atoms with Crippen LogP contribution in [0, 0.1) is 0 Å². The van der Waals surface area contributed by atoms with Gasteiger partial charge < -0.3 is 15.4 Å². The second-order valence-corrected chi connectivity index (χ2v) is 3.12. The van der Waals surface area contributed by atoms with Crippen LogP contribution in [0.15, 0.2) is 0 Å². The topological polar surface area (TPSA) is 38.5 Å². The van der Waals surface area contributed by atoms with E-state index in [9.17, 15) is 0 Å². The van der Waals surface area contributed by atoms with Gasteiger partial charge in [0.05, 0.1) is 0 Å². The molecule has 0 aromatic carbocycles. The predicted octanol–water partition coefficient (Wildman–Crippen LogP) is 0.692. The van der Waals surface area contributed by atoms with Crippen LogP contribution in [0.1, 0.15) is 20.3 Å². The Morgan fingerprint density at radius 1 is 1.50 bits per heavy atom. The van der Waals surface area contributed by atoms with Crippen LogP contribution in [0.5, 0.6) is 0 Å². The molecule has 74 valence electrons. The van der Waals surface area contributed by atoms with Crippen molar-refractivity contribution in [2.45, 2.75) is 26.3 Å². The quantitative estimate of drug-likeness (QED) is 0.577. The Bertz CT molecular complexity index is 98.5. The Hall–Kier alpha value is -0.120. The average Bonchev–Trinajstić information content (AvgIpc) is 2.10. The van der Waals surface area contributed by atoms with Crippen molar-refractivity contribution in [3.63, 3.8) is 0 Å². The highest BCUT2D eigenvalue weighted by Gasteiger charge is 2.05. The molecule has 0 heterocycles. The van der Waals surface area contributed by atoms with E-state index < -0.39 is 0 Å². The van der Waals surface area contributed by atoms with Crippen molar-refractivity contribution in [2.24, 2.45) is 5.73 Å². The molecule has 0 rings (SSSR count). The molecule has 0 aliphatic carbocycles. The summed E-state index contributed by atoms with van der Waals surface area (Å²) < 4.78 is 5.24. The fraction of sp³-hybridized carbons (Fsp3) is 1.00. The van der Waals surface area contributed by atoms with Crippen LogP contribution < -0.4 is 5.73 Å². The number of rotatable bonds is 7. The largest absolute Gasteiger partial charge is 0.382 e. The van der Waals surface area contributed by atoms with Crippen LogP contribution in [0.4, 0.5) is 0 Å². The first-order valence-electron chi connectivity index (χ1n) is 4.70. The van der Waals surface area contributed by atoms with E-state index in [1.54, 1.807) is 0 Å². The summed E-state index contributed by atoms with van der Waals surface area (Å²) in [6.07, 6.45) is 1.09. The van der Waals surface area contributed by atoms with Gasteiger partial charge in [-0.1, -0.05) is 0 Å². The van der Waals surface area contributed by atoms with E-state index in [0.717, 1.165) is 32.7 Å². The highest BCUT2D eigenvalue weighted by molar-refractivity contribution is 4.62. The Morgan fingerprint density at radius 2 is 2.17 bits per heavy atom. The molecule has 1 unspecified atom stereocenters. The van der Waals surface area contributed by atoms with Gasteiger partial charge in [0.1, 0.15) is 0 Å². The number of hydrogen-bond acceptors (Lipinski definition) is 3. The molecule has 12 heavy (non-hydrogen) atoms. The van der Waals surface area contributed by atoms with E-state index in [2.05, 4.69) is 18.9 Å². The molecule has 0 aliphatic heterocycles. The number of hydrogen-bond donors (Lipinski definition) is 1. The maximum atomic E-state index is 5.53. The lowest BCUT2D eigenvalue weighted by Gasteiger charge is -2.22. The predicted molar refractivity (Wildman–Crippen MR) is 52.3 cm³/mol. The van der Waals surface area contributed by atoms with Crippen molar-refractivity contribution in [3.05, 3.63) is 0 Å². The summed E-state index contributed by atoms with van der Waals surface area (Å²) in [6, 6.07) is 0.478. The van der Waals surface area contributed by atoms with Crippen molar-refractivity contribution >= 4 is 0 Å². The lowest BCUT2D eigenvalue weighted by atomic mass is 10.3. The van der Waals surface area contributed by atoms with Crippen LogP contribution in [0.25, 0.3) is 0 Å². The third-order valence-electron chi connectivity index (χ3n) is 2.10. The standard InChI is InChI=1S/C9H22N2O/c1-4-12-7-5-6-11(3)9(2)8-10/h9H,4-8,10H2,1-3H3. The van der Waals surface area contributed by atoms with Gasteiger partial charge in [0.2, 0.25) is 0 Å². The molecule has 3 nitrogen and oxygen atoms in total. The molecule has 0 aromatic rings. The molecule has 0 fully saturated rings. The van der Waals surface area contributed by atoms with Gasteiger partial charge in [0, 0.05) is 32.3 Å². The summed E-state index contributed by atoms with van der Waals surface area (Å²) in [5, 5.41) is 0. The number of likely N-dealkylation sites (N-methyl/N-ethyl adjacent to an activating group) is 1.